The van der Waals surface area contributed by atoms with Gasteiger partial charge >= 0.3 is 0 Å². The Labute approximate surface area is 103 Å². The van der Waals surface area contributed by atoms with Crippen LogP contribution in [0, 0.1) is 6.92 Å². The molecule has 0 heterocycles. The van der Waals surface area contributed by atoms with Crippen molar-refractivity contribution in [3.8, 4) is 5.75 Å². The quantitative estimate of drug-likeness (QED) is 0.848. The molecule has 0 aliphatic rings. The molecule has 0 atom stereocenters. The third-order valence-electron chi connectivity index (χ3n) is 2.30. The maximum atomic E-state index is 11.4. The zero-order valence-corrected chi connectivity index (χ0v) is 11.0. The maximum Gasteiger partial charge on any atom is 0.224 e. The second-order valence-corrected chi connectivity index (χ2v) is 4.45. The number of benzene rings is 1. The van der Waals surface area contributed by atoms with Gasteiger partial charge in [-0.2, -0.15) is 0 Å². The molecule has 0 fully saturated rings. The van der Waals surface area contributed by atoms with Crippen molar-refractivity contribution in [2.75, 3.05) is 5.32 Å². The predicted octanol–water partition coefficient (Wildman–Crippen LogP) is 3.52. The van der Waals surface area contributed by atoms with E-state index < -0.39 is 0 Å². The van der Waals surface area contributed by atoms with Crippen molar-refractivity contribution in [2.45, 2.75) is 46.6 Å². The molecular weight excluding hydrogens is 214 g/mol. The molecule has 0 aliphatic heterocycles. The van der Waals surface area contributed by atoms with Gasteiger partial charge in [-0.1, -0.05) is 6.92 Å². The van der Waals surface area contributed by atoms with Crippen LogP contribution >= 0.6 is 0 Å². The van der Waals surface area contributed by atoms with E-state index in [9.17, 15) is 4.79 Å². The second-order valence-electron chi connectivity index (χ2n) is 4.45. The van der Waals surface area contributed by atoms with Crippen LogP contribution in [-0.2, 0) is 4.79 Å². The zero-order valence-electron chi connectivity index (χ0n) is 11.0. The van der Waals surface area contributed by atoms with Crippen molar-refractivity contribution >= 4 is 11.6 Å². The predicted molar refractivity (Wildman–Crippen MR) is 70.5 cm³/mol. The van der Waals surface area contributed by atoms with Gasteiger partial charge < -0.3 is 10.1 Å². The summed E-state index contributed by atoms with van der Waals surface area (Å²) in [6.45, 7) is 7.96. The van der Waals surface area contributed by atoms with Crippen LogP contribution in [0.15, 0.2) is 18.2 Å². The first-order chi connectivity index (χ1) is 8.02. The smallest absolute Gasteiger partial charge is 0.224 e. The first-order valence-corrected chi connectivity index (χ1v) is 6.10. The highest BCUT2D eigenvalue weighted by Gasteiger charge is 2.05. The monoisotopic (exact) mass is 235 g/mol. The number of nitrogens with one attached hydrogen (secondary N) is 1. The standard InChI is InChI=1S/C14H21NO2/c1-5-6-14(16)15-12-7-8-13(11(4)9-12)17-10(2)3/h7-10H,5-6H2,1-4H3,(H,15,16). The molecular formula is C14H21NO2. The summed E-state index contributed by atoms with van der Waals surface area (Å²) in [5.41, 5.74) is 1.87. The highest BCUT2D eigenvalue weighted by molar-refractivity contribution is 5.90. The molecule has 0 saturated carbocycles. The van der Waals surface area contributed by atoms with Crippen molar-refractivity contribution in [3.05, 3.63) is 23.8 Å². The molecule has 0 bridgehead atoms. The van der Waals surface area contributed by atoms with Gasteiger partial charge in [-0.3, -0.25) is 4.79 Å². The minimum absolute atomic E-state index is 0.0597. The van der Waals surface area contributed by atoms with Crippen LogP contribution in [0.3, 0.4) is 0 Å². The number of carbonyl (C=O) groups is 1. The van der Waals surface area contributed by atoms with E-state index in [1.165, 1.54) is 0 Å². The Balaban J connectivity index is 2.71. The molecule has 1 amide bonds. The molecule has 1 aromatic rings. The first-order valence-electron chi connectivity index (χ1n) is 6.10. The third kappa shape index (κ3) is 4.47. The molecule has 0 unspecified atom stereocenters. The molecule has 17 heavy (non-hydrogen) atoms. The average molecular weight is 235 g/mol. The molecule has 3 nitrogen and oxygen atoms in total. The van der Waals surface area contributed by atoms with Gasteiger partial charge in [0.15, 0.2) is 0 Å². The van der Waals surface area contributed by atoms with Crippen LogP contribution in [-0.4, -0.2) is 12.0 Å². The fraction of sp³-hybridized carbons (Fsp3) is 0.500. The molecule has 3 heteroatoms. The minimum atomic E-state index is 0.0597. The van der Waals surface area contributed by atoms with Gasteiger partial charge in [0.25, 0.3) is 0 Å². The van der Waals surface area contributed by atoms with E-state index in [0.717, 1.165) is 23.4 Å². The van der Waals surface area contributed by atoms with E-state index in [4.69, 9.17) is 4.74 Å². The number of aryl methyl sites for hydroxylation is 1. The largest absolute Gasteiger partial charge is 0.491 e. The van der Waals surface area contributed by atoms with E-state index in [2.05, 4.69) is 5.32 Å². The van der Waals surface area contributed by atoms with Gasteiger partial charge in [0, 0.05) is 12.1 Å². The van der Waals surface area contributed by atoms with Gasteiger partial charge in [-0.15, -0.1) is 0 Å². The molecule has 94 valence electrons. The van der Waals surface area contributed by atoms with Crippen molar-refractivity contribution in [1.29, 1.82) is 0 Å². The topological polar surface area (TPSA) is 38.3 Å². The zero-order chi connectivity index (χ0) is 12.8. The highest BCUT2D eigenvalue weighted by Crippen LogP contribution is 2.23. The van der Waals surface area contributed by atoms with E-state index in [1.807, 2.05) is 45.9 Å². The maximum absolute atomic E-state index is 11.4. The Morgan fingerprint density at radius 2 is 2.12 bits per heavy atom. The Kier molecular flexibility index (Phi) is 5.01. The lowest BCUT2D eigenvalue weighted by atomic mass is 10.2. The number of carbonyl (C=O) groups excluding carboxylic acids is 1. The number of anilines is 1. The Morgan fingerprint density at radius 1 is 1.41 bits per heavy atom. The number of hydrogen-bond donors (Lipinski definition) is 1. The highest BCUT2D eigenvalue weighted by atomic mass is 16.5. The van der Waals surface area contributed by atoms with Crippen LogP contribution in [0.2, 0.25) is 0 Å². The Hall–Kier alpha value is -1.51. The van der Waals surface area contributed by atoms with E-state index in [0.29, 0.717) is 6.42 Å². The molecule has 0 aliphatic carbocycles. The van der Waals surface area contributed by atoms with Crippen molar-refractivity contribution in [3.63, 3.8) is 0 Å². The lowest BCUT2D eigenvalue weighted by molar-refractivity contribution is -0.116. The minimum Gasteiger partial charge on any atom is -0.491 e. The van der Waals surface area contributed by atoms with Gasteiger partial charge in [0.1, 0.15) is 5.75 Å². The number of amides is 1. The Morgan fingerprint density at radius 3 is 2.65 bits per heavy atom. The van der Waals surface area contributed by atoms with E-state index in [-0.39, 0.29) is 12.0 Å². The number of ether oxygens (including phenoxy) is 1. The lowest BCUT2D eigenvalue weighted by Gasteiger charge is -2.13. The summed E-state index contributed by atoms with van der Waals surface area (Å²) in [6.07, 6.45) is 1.58. The lowest BCUT2D eigenvalue weighted by Crippen LogP contribution is -2.11. The third-order valence-corrected chi connectivity index (χ3v) is 2.30. The SMILES string of the molecule is CCCC(=O)Nc1ccc(OC(C)C)c(C)c1. The van der Waals surface area contributed by atoms with E-state index >= 15 is 0 Å². The fourth-order valence-corrected chi connectivity index (χ4v) is 1.56. The van der Waals surface area contributed by atoms with Crippen molar-refractivity contribution in [2.24, 2.45) is 0 Å². The molecule has 0 aromatic heterocycles. The molecule has 0 saturated heterocycles. The van der Waals surface area contributed by atoms with Crippen LogP contribution in [0.4, 0.5) is 5.69 Å². The summed E-state index contributed by atoms with van der Waals surface area (Å²) < 4.78 is 5.64. The second kappa shape index (κ2) is 6.28. The van der Waals surface area contributed by atoms with Gasteiger partial charge in [-0.05, 0) is 51.0 Å². The average Bonchev–Trinajstić information content (AvgIpc) is 2.22. The van der Waals surface area contributed by atoms with Crippen molar-refractivity contribution in [1.82, 2.24) is 0 Å². The summed E-state index contributed by atoms with van der Waals surface area (Å²) in [7, 11) is 0. The first kappa shape index (κ1) is 13.6. The Bertz CT molecular complexity index is 386. The van der Waals surface area contributed by atoms with Crippen LogP contribution < -0.4 is 10.1 Å². The van der Waals surface area contributed by atoms with Gasteiger partial charge in [0.05, 0.1) is 6.10 Å². The normalized spacial score (nSPS) is 10.4. The summed E-state index contributed by atoms with van der Waals surface area (Å²) in [6, 6.07) is 5.71. The molecule has 1 aromatic carbocycles. The summed E-state index contributed by atoms with van der Waals surface area (Å²) in [5.74, 6) is 0.929. The van der Waals surface area contributed by atoms with Gasteiger partial charge in [0.2, 0.25) is 5.91 Å². The summed E-state index contributed by atoms with van der Waals surface area (Å²) >= 11 is 0. The molecule has 0 spiro atoms. The van der Waals surface area contributed by atoms with Crippen LogP contribution in [0.1, 0.15) is 39.2 Å². The van der Waals surface area contributed by atoms with Crippen LogP contribution in [0.5, 0.6) is 5.75 Å². The van der Waals surface area contributed by atoms with E-state index in [1.54, 1.807) is 0 Å². The van der Waals surface area contributed by atoms with Crippen LogP contribution in [0.25, 0.3) is 0 Å². The fourth-order valence-electron chi connectivity index (χ4n) is 1.56. The number of hydrogen-bond acceptors (Lipinski definition) is 2. The molecule has 1 N–H and O–H groups in total. The number of rotatable bonds is 5. The molecule has 1 rings (SSSR count). The van der Waals surface area contributed by atoms with Crippen molar-refractivity contribution < 1.29 is 9.53 Å². The van der Waals surface area contributed by atoms with Gasteiger partial charge in [-0.25, -0.2) is 0 Å². The summed E-state index contributed by atoms with van der Waals surface area (Å²) in [5, 5.41) is 2.87. The molecule has 0 radical (unpaired) electrons. The summed E-state index contributed by atoms with van der Waals surface area (Å²) in [4.78, 5) is 11.4.